The lowest BCUT2D eigenvalue weighted by Crippen LogP contribution is -2.16. The maximum Gasteiger partial charge on any atom is 0.143 e. The molecule has 1 aliphatic carbocycles. The van der Waals surface area contributed by atoms with Gasteiger partial charge in [0.1, 0.15) is 11.2 Å². The fourth-order valence-electron chi connectivity index (χ4n) is 7.77. The maximum absolute atomic E-state index is 8.99. The number of benzene rings is 8. The molecule has 0 saturated carbocycles. The van der Waals surface area contributed by atoms with E-state index in [0.29, 0.717) is 33.5 Å². The van der Waals surface area contributed by atoms with Crippen molar-refractivity contribution in [2.75, 3.05) is 4.90 Å². The normalized spacial score (nSPS) is 15.8. The Kier molecular flexibility index (Phi) is 4.66. The van der Waals surface area contributed by atoms with Crippen LogP contribution in [-0.2, 0) is 5.41 Å². The lowest BCUT2D eigenvalue weighted by molar-refractivity contribution is 0.660. The largest absolute Gasteiger partial charge is 0.455 e. The fraction of sp³-hybridized carbons (Fsp3) is 0.0612. The van der Waals surface area contributed by atoms with E-state index in [1.807, 2.05) is 97.1 Å². The van der Waals surface area contributed by atoms with Crippen LogP contribution in [0.2, 0.25) is 0 Å². The second-order valence-corrected chi connectivity index (χ2v) is 13.4. The zero-order valence-electron chi connectivity index (χ0n) is 37.8. The molecule has 0 radical (unpaired) electrons. The van der Waals surface area contributed by atoms with E-state index in [9.17, 15) is 0 Å². The summed E-state index contributed by atoms with van der Waals surface area (Å²) in [6.07, 6.45) is 0. The van der Waals surface area contributed by atoms with Gasteiger partial charge < -0.3 is 9.32 Å². The SMILES string of the molecule is [2H]c1c([2H])c([2H])c(-c2cc3c4ccc(-c5ccc(N(c6ccc7c(c6)C(C)(C)c6ccccc6-7)c6c([2H])c([2H])c([2H])c([2H])c6[2H])cc5)cc4oc3c3ccccc23)c([2H])c1[2H]. The first-order chi connectivity index (χ1) is 29.2. The molecule has 9 aromatic rings. The summed E-state index contributed by atoms with van der Waals surface area (Å²) >= 11 is 0. The van der Waals surface area contributed by atoms with Gasteiger partial charge in [0.05, 0.1) is 13.7 Å². The first-order valence-electron chi connectivity index (χ1n) is 21.9. The van der Waals surface area contributed by atoms with Crippen molar-refractivity contribution >= 4 is 49.8 Å². The van der Waals surface area contributed by atoms with Gasteiger partial charge in [0.2, 0.25) is 0 Å². The van der Waals surface area contributed by atoms with Gasteiger partial charge in [-0.1, -0.05) is 135 Å². The highest BCUT2D eigenvalue weighted by atomic mass is 16.3. The Morgan fingerprint density at radius 1 is 0.471 bits per heavy atom. The van der Waals surface area contributed by atoms with Crippen molar-refractivity contribution in [3.63, 3.8) is 0 Å². The van der Waals surface area contributed by atoms with E-state index in [1.54, 1.807) is 4.90 Å². The number of fused-ring (bicyclic) bond motifs is 8. The Morgan fingerprint density at radius 3 is 1.94 bits per heavy atom. The highest BCUT2D eigenvalue weighted by molar-refractivity contribution is 6.19. The molecule has 0 spiro atoms. The molecular weight excluding hydrogens is 619 g/mol. The summed E-state index contributed by atoms with van der Waals surface area (Å²) in [5.74, 6) is 0. The third-order valence-corrected chi connectivity index (χ3v) is 10.2. The van der Waals surface area contributed by atoms with E-state index in [0.717, 1.165) is 44.0 Å². The van der Waals surface area contributed by atoms with Gasteiger partial charge in [0.15, 0.2) is 0 Å². The number of nitrogens with zero attached hydrogens (tertiary/aromatic N) is 1. The molecule has 0 aliphatic heterocycles. The van der Waals surface area contributed by atoms with Crippen LogP contribution in [0, 0.1) is 0 Å². The Balaban J connectivity index is 1.10. The van der Waals surface area contributed by atoms with Crippen molar-refractivity contribution in [3.8, 4) is 33.4 Å². The number of anilines is 3. The third-order valence-electron chi connectivity index (χ3n) is 10.2. The number of hydrogen-bond acceptors (Lipinski definition) is 2. The molecule has 1 heterocycles. The summed E-state index contributed by atoms with van der Waals surface area (Å²) in [5.41, 5.74) is 9.05. The van der Waals surface area contributed by atoms with E-state index >= 15 is 0 Å². The van der Waals surface area contributed by atoms with Crippen LogP contribution in [0.1, 0.15) is 38.7 Å². The molecule has 242 valence electrons. The molecule has 0 bridgehead atoms. The minimum Gasteiger partial charge on any atom is -0.455 e. The number of hydrogen-bond donors (Lipinski definition) is 0. The van der Waals surface area contributed by atoms with E-state index in [-0.39, 0.29) is 40.8 Å². The van der Waals surface area contributed by atoms with Crippen LogP contribution in [0.3, 0.4) is 0 Å². The molecule has 0 unspecified atom stereocenters. The molecule has 2 heteroatoms. The lowest BCUT2D eigenvalue weighted by Gasteiger charge is -2.28. The van der Waals surface area contributed by atoms with Crippen LogP contribution >= 0.6 is 0 Å². The maximum atomic E-state index is 8.99. The summed E-state index contributed by atoms with van der Waals surface area (Å²) in [6.45, 7) is 4.34. The van der Waals surface area contributed by atoms with Crippen molar-refractivity contribution in [1.82, 2.24) is 0 Å². The van der Waals surface area contributed by atoms with Crippen LogP contribution in [0.15, 0.2) is 180 Å². The minimum atomic E-state index is -0.459. The summed E-state index contributed by atoms with van der Waals surface area (Å²) in [6, 6.07) is 33.5. The van der Waals surface area contributed by atoms with Crippen LogP contribution in [0.25, 0.3) is 66.1 Å². The molecule has 1 aromatic heterocycles. The van der Waals surface area contributed by atoms with Crippen LogP contribution in [-0.4, -0.2) is 0 Å². The third kappa shape index (κ3) is 4.64. The average Bonchev–Trinajstić information content (AvgIpc) is 3.76. The smallest absolute Gasteiger partial charge is 0.143 e. The predicted octanol–water partition coefficient (Wildman–Crippen LogP) is 13.8. The predicted molar refractivity (Wildman–Crippen MR) is 214 cm³/mol. The lowest BCUT2D eigenvalue weighted by atomic mass is 9.82. The van der Waals surface area contributed by atoms with Gasteiger partial charge in [0, 0.05) is 38.6 Å². The Morgan fingerprint density at radius 2 is 1.14 bits per heavy atom. The van der Waals surface area contributed by atoms with Gasteiger partial charge in [0.25, 0.3) is 0 Å². The number of para-hydroxylation sites is 1. The average molecular weight is 664 g/mol. The van der Waals surface area contributed by atoms with Crippen LogP contribution in [0.5, 0.6) is 0 Å². The van der Waals surface area contributed by atoms with E-state index in [1.165, 1.54) is 5.56 Å². The second kappa shape index (κ2) is 11.3. The minimum absolute atomic E-state index is 0.0471. The molecule has 0 amide bonds. The number of rotatable bonds is 5. The highest BCUT2D eigenvalue weighted by Gasteiger charge is 2.35. The Hall–Kier alpha value is -6.38. The zero-order chi connectivity index (χ0) is 42.8. The monoisotopic (exact) mass is 663 g/mol. The molecule has 2 nitrogen and oxygen atoms in total. The second-order valence-electron chi connectivity index (χ2n) is 13.4. The molecule has 10 rings (SSSR count). The number of furan rings is 1. The van der Waals surface area contributed by atoms with Crippen LogP contribution in [0.4, 0.5) is 17.1 Å². The summed E-state index contributed by atoms with van der Waals surface area (Å²) in [4.78, 5) is 1.74. The fourth-order valence-corrected chi connectivity index (χ4v) is 7.77. The van der Waals surface area contributed by atoms with Crippen molar-refractivity contribution < 1.29 is 18.1 Å². The quantitative estimate of drug-likeness (QED) is 0.182. The first-order valence-corrected chi connectivity index (χ1v) is 16.9. The van der Waals surface area contributed by atoms with Gasteiger partial charge >= 0.3 is 0 Å². The molecule has 51 heavy (non-hydrogen) atoms. The van der Waals surface area contributed by atoms with Gasteiger partial charge in [-0.2, -0.15) is 0 Å². The van der Waals surface area contributed by atoms with Crippen molar-refractivity contribution in [1.29, 1.82) is 0 Å². The summed E-state index contributed by atoms with van der Waals surface area (Å²) in [5, 5.41) is 2.98. The standard InChI is InChI=1S/C49H35NO/c1-49(2)45-20-12-11-18-39(45)40-28-26-37(30-46(40)49)50(35-15-7-4-8-16-35)36-24-21-32(22-25-36)34-23-27-41-44-31-43(33-13-5-3-6-14-33)38-17-9-10-19-42(38)48(44)51-47(41)29-34/h3-31H,1-2H3/i3D,4D,5D,6D,7D,8D,13D,14D,15D,16D. The van der Waals surface area contributed by atoms with E-state index in [4.69, 9.17) is 18.1 Å². The van der Waals surface area contributed by atoms with Gasteiger partial charge in [-0.25, -0.2) is 0 Å². The summed E-state index contributed by atoms with van der Waals surface area (Å²) in [7, 11) is 0. The molecule has 8 aromatic carbocycles. The Labute approximate surface area is 311 Å². The Bertz CT molecular complexity index is 3300. The van der Waals surface area contributed by atoms with Crippen molar-refractivity contribution in [2.24, 2.45) is 0 Å². The van der Waals surface area contributed by atoms with E-state index < -0.39 is 36.3 Å². The van der Waals surface area contributed by atoms with Crippen LogP contribution < -0.4 is 4.90 Å². The van der Waals surface area contributed by atoms with Gasteiger partial charge in [-0.15, -0.1) is 0 Å². The van der Waals surface area contributed by atoms with Gasteiger partial charge in [-0.3, -0.25) is 0 Å². The molecule has 0 atom stereocenters. The first kappa shape index (κ1) is 21.0. The molecule has 1 aliphatic rings. The molecule has 0 saturated heterocycles. The van der Waals surface area contributed by atoms with E-state index in [2.05, 4.69) is 32.0 Å². The van der Waals surface area contributed by atoms with Crippen molar-refractivity contribution in [3.05, 3.63) is 187 Å². The highest BCUT2D eigenvalue weighted by Crippen LogP contribution is 2.50. The molecule has 0 N–H and O–H groups in total. The zero-order valence-corrected chi connectivity index (χ0v) is 27.8. The topological polar surface area (TPSA) is 16.4 Å². The van der Waals surface area contributed by atoms with Gasteiger partial charge in [-0.05, 0) is 104 Å². The molecular formula is C49H35NO. The summed E-state index contributed by atoms with van der Waals surface area (Å²) < 4.78 is 92.2. The molecule has 0 fully saturated rings. The van der Waals surface area contributed by atoms with Crippen molar-refractivity contribution in [2.45, 2.75) is 19.3 Å².